The average Bonchev–Trinajstić information content (AvgIpc) is 3.30. The number of alkyl carbamates (subject to hydrolysis) is 1. The fraction of sp³-hybridized carbons (Fsp3) is 0.571. The Morgan fingerprint density at radius 3 is 2.24 bits per heavy atom. The third-order valence-electron chi connectivity index (χ3n) is 5.94. The van der Waals surface area contributed by atoms with E-state index in [1.165, 1.54) is 7.11 Å². The van der Waals surface area contributed by atoms with Gasteiger partial charge in [-0.25, -0.2) is 14.4 Å². The number of esters is 1. The minimum absolute atomic E-state index is 0.0173. The minimum Gasteiger partial charge on any atom is -0.467 e. The number of carbonyl (C=O) groups excluding carboxylic acids is 4. The van der Waals surface area contributed by atoms with Gasteiger partial charge in [0.15, 0.2) is 0 Å². The SMILES string of the molecule is C=CCCCCC[C@H](NC(=O)OC(C)(C)C)C(=O)N[C@@H](CCOC(=O)N1Cc2ccccc2C1)C(=O)OC. The van der Waals surface area contributed by atoms with Crippen molar-refractivity contribution in [1.29, 1.82) is 0 Å². The van der Waals surface area contributed by atoms with E-state index in [0.717, 1.165) is 30.4 Å². The number of nitrogens with zero attached hydrogens (tertiary/aromatic N) is 1. The molecule has 3 amide bonds. The zero-order valence-corrected chi connectivity index (χ0v) is 22.9. The molecule has 2 N–H and O–H groups in total. The zero-order chi connectivity index (χ0) is 28.1. The summed E-state index contributed by atoms with van der Waals surface area (Å²) in [6.45, 7) is 9.70. The van der Waals surface area contributed by atoms with Gasteiger partial charge in [0.25, 0.3) is 0 Å². The highest BCUT2D eigenvalue weighted by Gasteiger charge is 2.29. The summed E-state index contributed by atoms with van der Waals surface area (Å²) in [5, 5.41) is 5.25. The Morgan fingerprint density at radius 2 is 1.66 bits per heavy atom. The van der Waals surface area contributed by atoms with Crippen molar-refractivity contribution in [3.8, 4) is 0 Å². The molecule has 0 spiro atoms. The second kappa shape index (κ2) is 15.0. The van der Waals surface area contributed by atoms with Crippen molar-refractivity contribution in [2.45, 2.75) is 90.1 Å². The molecule has 0 bridgehead atoms. The van der Waals surface area contributed by atoms with Crippen molar-refractivity contribution in [3.05, 3.63) is 48.0 Å². The van der Waals surface area contributed by atoms with E-state index in [4.69, 9.17) is 14.2 Å². The van der Waals surface area contributed by atoms with Crippen LogP contribution in [-0.2, 0) is 36.9 Å². The highest BCUT2D eigenvalue weighted by molar-refractivity contribution is 5.89. The van der Waals surface area contributed by atoms with Gasteiger partial charge in [-0.3, -0.25) is 9.69 Å². The summed E-state index contributed by atoms with van der Waals surface area (Å²) in [4.78, 5) is 51.9. The van der Waals surface area contributed by atoms with Crippen molar-refractivity contribution in [1.82, 2.24) is 15.5 Å². The number of amides is 3. The maximum Gasteiger partial charge on any atom is 0.410 e. The van der Waals surface area contributed by atoms with Gasteiger partial charge in [0, 0.05) is 19.5 Å². The topological polar surface area (TPSA) is 123 Å². The van der Waals surface area contributed by atoms with Crippen molar-refractivity contribution >= 4 is 24.1 Å². The van der Waals surface area contributed by atoms with E-state index in [1.54, 1.807) is 25.7 Å². The van der Waals surface area contributed by atoms with Gasteiger partial charge in [-0.1, -0.05) is 43.2 Å². The number of hydrogen-bond acceptors (Lipinski definition) is 7. The predicted molar refractivity (Wildman–Crippen MR) is 142 cm³/mol. The molecule has 0 saturated carbocycles. The Labute approximate surface area is 225 Å². The first-order chi connectivity index (χ1) is 18.0. The number of allylic oxidation sites excluding steroid dienone is 1. The molecule has 10 nitrogen and oxygen atoms in total. The number of rotatable bonds is 13. The highest BCUT2D eigenvalue weighted by Crippen LogP contribution is 2.22. The number of fused-ring (bicyclic) bond motifs is 1. The molecule has 0 fully saturated rings. The third-order valence-corrected chi connectivity index (χ3v) is 5.94. The standard InChI is InChI=1S/C28H41N3O7/c1-6-7-8-9-10-15-22(30-26(34)38-28(2,3)4)24(32)29-23(25(33)36-5)16-17-37-27(35)31-18-20-13-11-12-14-21(20)19-31/h6,11-14,22-23H,1,7-10,15-19H2,2-5H3,(H,29,32)(H,30,34)/t22-,23-/m0/s1. The third kappa shape index (κ3) is 10.4. The van der Waals surface area contributed by atoms with E-state index in [-0.39, 0.29) is 13.0 Å². The number of carbonyl (C=O) groups is 4. The highest BCUT2D eigenvalue weighted by atomic mass is 16.6. The Hall–Kier alpha value is -3.56. The molecule has 10 heteroatoms. The van der Waals surface area contributed by atoms with Crippen LogP contribution in [0.25, 0.3) is 0 Å². The quantitative estimate of drug-likeness (QED) is 0.169. The van der Waals surface area contributed by atoms with E-state index in [0.29, 0.717) is 25.9 Å². The summed E-state index contributed by atoms with van der Waals surface area (Å²) in [6, 6.07) is 5.80. The van der Waals surface area contributed by atoms with Gasteiger partial charge >= 0.3 is 18.2 Å². The molecule has 0 radical (unpaired) electrons. The monoisotopic (exact) mass is 531 g/mol. The molecule has 1 aromatic rings. The van der Waals surface area contributed by atoms with Crippen molar-refractivity contribution < 1.29 is 33.4 Å². The second-order valence-corrected chi connectivity index (χ2v) is 10.2. The molecule has 1 aromatic carbocycles. The molecule has 0 saturated heterocycles. The lowest BCUT2D eigenvalue weighted by molar-refractivity contribution is -0.145. The summed E-state index contributed by atoms with van der Waals surface area (Å²) in [6.07, 6.45) is 4.30. The molecule has 210 valence electrons. The van der Waals surface area contributed by atoms with E-state index in [1.807, 2.05) is 30.3 Å². The molecular formula is C28H41N3O7. The minimum atomic E-state index is -1.06. The predicted octanol–water partition coefficient (Wildman–Crippen LogP) is 4.22. The molecule has 1 aliphatic rings. The van der Waals surface area contributed by atoms with Gasteiger partial charge in [-0.05, 0) is 51.2 Å². The van der Waals surface area contributed by atoms with Crippen LogP contribution in [0.15, 0.2) is 36.9 Å². The first-order valence-corrected chi connectivity index (χ1v) is 13.0. The molecule has 1 aliphatic heterocycles. The number of unbranched alkanes of at least 4 members (excludes halogenated alkanes) is 3. The Morgan fingerprint density at radius 1 is 1.00 bits per heavy atom. The van der Waals surface area contributed by atoms with Crippen LogP contribution in [0.2, 0.25) is 0 Å². The van der Waals surface area contributed by atoms with Crippen LogP contribution in [0, 0.1) is 0 Å². The maximum absolute atomic E-state index is 13.1. The Bertz CT molecular complexity index is 948. The number of methoxy groups -OCH3 is 1. The van der Waals surface area contributed by atoms with Crippen LogP contribution < -0.4 is 10.6 Å². The van der Waals surface area contributed by atoms with Gasteiger partial charge < -0.3 is 24.8 Å². The van der Waals surface area contributed by atoms with E-state index in [2.05, 4.69) is 17.2 Å². The number of hydrogen-bond donors (Lipinski definition) is 2. The van der Waals surface area contributed by atoms with Crippen LogP contribution in [0.1, 0.15) is 70.4 Å². The Balaban J connectivity index is 1.94. The van der Waals surface area contributed by atoms with E-state index < -0.39 is 41.7 Å². The van der Waals surface area contributed by atoms with Gasteiger partial charge in [0.1, 0.15) is 17.7 Å². The van der Waals surface area contributed by atoms with Crippen molar-refractivity contribution in [3.63, 3.8) is 0 Å². The first kappa shape index (κ1) is 30.7. The summed E-state index contributed by atoms with van der Waals surface area (Å²) >= 11 is 0. The number of benzene rings is 1. The normalized spacial score (nSPS) is 14.1. The average molecular weight is 532 g/mol. The second-order valence-electron chi connectivity index (χ2n) is 10.2. The van der Waals surface area contributed by atoms with Crippen molar-refractivity contribution in [2.24, 2.45) is 0 Å². The van der Waals surface area contributed by atoms with Crippen molar-refractivity contribution in [2.75, 3.05) is 13.7 Å². The number of nitrogens with one attached hydrogen (secondary N) is 2. The molecule has 1 heterocycles. The van der Waals surface area contributed by atoms with Crippen LogP contribution in [0.4, 0.5) is 9.59 Å². The lowest BCUT2D eigenvalue weighted by Crippen LogP contribution is -2.52. The number of ether oxygens (including phenoxy) is 3. The molecule has 38 heavy (non-hydrogen) atoms. The maximum atomic E-state index is 13.1. The van der Waals surface area contributed by atoms with Crippen LogP contribution in [0.5, 0.6) is 0 Å². The lowest BCUT2D eigenvalue weighted by Gasteiger charge is -2.25. The molecule has 2 rings (SSSR count). The fourth-order valence-corrected chi connectivity index (χ4v) is 4.01. The van der Waals surface area contributed by atoms with E-state index >= 15 is 0 Å². The lowest BCUT2D eigenvalue weighted by atomic mass is 10.1. The summed E-state index contributed by atoms with van der Waals surface area (Å²) < 4.78 is 15.5. The van der Waals surface area contributed by atoms with E-state index in [9.17, 15) is 19.2 Å². The smallest absolute Gasteiger partial charge is 0.410 e. The molecule has 0 unspecified atom stereocenters. The first-order valence-electron chi connectivity index (χ1n) is 13.0. The van der Waals surface area contributed by atoms with Gasteiger partial charge in [0.05, 0.1) is 13.7 Å². The molecule has 2 atom stereocenters. The zero-order valence-electron chi connectivity index (χ0n) is 22.9. The van der Waals surface area contributed by atoms with Crippen LogP contribution in [0.3, 0.4) is 0 Å². The van der Waals surface area contributed by atoms with Crippen LogP contribution >= 0.6 is 0 Å². The largest absolute Gasteiger partial charge is 0.467 e. The van der Waals surface area contributed by atoms with Crippen LogP contribution in [-0.4, -0.2) is 60.4 Å². The molecular weight excluding hydrogens is 490 g/mol. The van der Waals surface area contributed by atoms with Gasteiger partial charge in [-0.2, -0.15) is 0 Å². The fourth-order valence-electron chi connectivity index (χ4n) is 4.01. The summed E-state index contributed by atoms with van der Waals surface area (Å²) in [5.41, 5.74) is 1.40. The Kier molecular flexibility index (Phi) is 12.1. The summed E-state index contributed by atoms with van der Waals surface area (Å²) in [7, 11) is 1.21. The summed E-state index contributed by atoms with van der Waals surface area (Å²) in [5.74, 6) is -1.22. The molecule has 0 aliphatic carbocycles. The molecule has 0 aromatic heterocycles. The van der Waals surface area contributed by atoms with Gasteiger partial charge in [0.2, 0.25) is 5.91 Å². The van der Waals surface area contributed by atoms with Gasteiger partial charge in [-0.15, -0.1) is 6.58 Å².